The normalized spacial score (nSPS) is 19.7. The Bertz CT molecular complexity index is 390. The fraction of sp³-hybridized carbons (Fsp3) is 0.455. The van der Waals surface area contributed by atoms with Gasteiger partial charge in [0.1, 0.15) is 0 Å². The van der Waals surface area contributed by atoms with E-state index >= 15 is 0 Å². The zero-order valence-corrected chi connectivity index (χ0v) is 8.66. The third-order valence-corrected chi connectivity index (χ3v) is 2.89. The predicted molar refractivity (Wildman–Crippen MR) is 56.3 cm³/mol. The molecule has 1 aliphatic carbocycles. The highest BCUT2D eigenvalue weighted by Gasteiger charge is 2.23. The molecular weight excluding hydrogens is 194 g/mol. The zero-order chi connectivity index (χ0) is 11.0. The van der Waals surface area contributed by atoms with E-state index in [-0.39, 0.29) is 17.5 Å². The van der Waals surface area contributed by atoms with Crippen molar-refractivity contribution in [3.05, 3.63) is 17.2 Å². The molecule has 0 aliphatic heterocycles. The fourth-order valence-corrected chi connectivity index (χ4v) is 2.10. The van der Waals surface area contributed by atoms with Crippen LogP contribution in [0.3, 0.4) is 0 Å². The number of hydrogen-bond donors (Lipinski definition) is 3. The summed E-state index contributed by atoms with van der Waals surface area (Å²) in [7, 11) is 1.48. The summed E-state index contributed by atoms with van der Waals surface area (Å²) in [6, 6.07) is 1.70. The molecule has 0 aromatic heterocycles. The Morgan fingerprint density at radius 1 is 1.47 bits per heavy atom. The lowest BCUT2D eigenvalue weighted by molar-refractivity contribution is 0.343. The molecule has 4 nitrogen and oxygen atoms in total. The van der Waals surface area contributed by atoms with Crippen molar-refractivity contribution in [3.8, 4) is 17.2 Å². The molecular formula is C11H15NO3. The van der Waals surface area contributed by atoms with Gasteiger partial charge in [0.15, 0.2) is 11.5 Å². The first-order valence-electron chi connectivity index (χ1n) is 4.99. The predicted octanol–water partition coefficient (Wildman–Crippen LogP) is 0.922. The number of rotatable bonds is 1. The minimum absolute atomic E-state index is 0.107. The highest BCUT2D eigenvalue weighted by molar-refractivity contribution is 5.58. The van der Waals surface area contributed by atoms with Gasteiger partial charge >= 0.3 is 0 Å². The molecule has 1 unspecified atom stereocenters. The van der Waals surface area contributed by atoms with Crippen molar-refractivity contribution in [1.29, 1.82) is 0 Å². The highest BCUT2D eigenvalue weighted by atomic mass is 16.5. The third-order valence-electron chi connectivity index (χ3n) is 2.89. The molecule has 0 amide bonds. The molecule has 0 fully saturated rings. The molecule has 15 heavy (non-hydrogen) atoms. The van der Waals surface area contributed by atoms with Gasteiger partial charge in [-0.25, -0.2) is 0 Å². The van der Waals surface area contributed by atoms with Gasteiger partial charge in [-0.05, 0) is 30.9 Å². The van der Waals surface area contributed by atoms with Crippen molar-refractivity contribution >= 4 is 0 Å². The average molecular weight is 209 g/mol. The van der Waals surface area contributed by atoms with Crippen molar-refractivity contribution in [2.45, 2.75) is 25.3 Å². The molecule has 4 N–H and O–H groups in total. The first-order chi connectivity index (χ1) is 7.13. The molecule has 0 saturated carbocycles. The van der Waals surface area contributed by atoms with Gasteiger partial charge in [-0.3, -0.25) is 0 Å². The Balaban J connectivity index is 2.56. The topological polar surface area (TPSA) is 75.7 Å². The van der Waals surface area contributed by atoms with Crippen molar-refractivity contribution in [2.75, 3.05) is 7.11 Å². The Kier molecular flexibility index (Phi) is 2.44. The number of aryl methyl sites for hydroxylation is 1. The Morgan fingerprint density at radius 3 is 2.87 bits per heavy atom. The summed E-state index contributed by atoms with van der Waals surface area (Å²) in [6.45, 7) is 0. The van der Waals surface area contributed by atoms with Crippen LogP contribution in [0.15, 0.2) is 6.07 Å². The van der Waals surface area contributed by atoms with Crippen LogP contribution in [0, 0.1) is 0 Å². The molecule has 4 heteroatoms. The number of aromatic hydroxyl groups is 2. The first-order valence-corrected chi connectivity index (χ1v) is 4.99. The second-order valence-electron chi connectivity index (χ2n) is 3.92. The van der Waals surface area contributed by atoms with E-state index < -0.39 is 0 Å². The number of methoxy groups -OCH3 is 1. The van der Waals surface area contributed by atoms with E-state index in [1.54, 1.807) is 6.07 Å². The highest BCUT2D eigenvalue weighted by Crippen LogP contribution is 2.42. The molecule has 1 aliphatic rings. The van der Waals surface area contributed by atoms with E-state index in [9.17, 15) is 10.2 Å². The van der Waals surface area contributed by atoms with Gasteiger partial charge in [0.25, 0.3) is 0 Å². The van der Waals surface area contributed by atoms with E-state index in [4.69, 9.17) is 10.5 Å². The quantitative estimate of drug-likeness (QED) is 0.601. The fourth-order valence-electron chi connectivity index (χ4n) is 2.10. The molecule has 0 heterocycles. The van der Waals surface area contributed by atoms with Gasteiger partial charge in [-0.2, -0.15) is 0 Å². The van der Waals surface area contributed by atoms with Gasteiger partial charge < -0.3 is 20.7 Å². The number of benzene rings is 1. The van der Waals surface area contributed by atoms with Gasteiger partial charge in [0.2, 0.25) is 5.75 Å². The molecule has 0 saturated heterocycles. The smallest absolute Gasteiger partial charge is 0.200 e. The number of ether oxygens (including phenoxy) is 1. The number of phenolic OH excluding ortho intramolecular Hbond substituents is 2. The maximum atomic E-state index is 9.62. The SMILES string of the molecule is COc1c(O)c(O)cc2c1CC(N)CC2. The lowest BCUT2D eigenvalue weighted by Gasteiger charge is -2.24. The second kappa shape index (κ2) is 3.62. The number of nitrogens with two attached hydrogens (primary N) is 1. The van der Waals surface area contributed by atoms with E-state index in [2.05, 4.69) is 0 Å². The summed E-state index contributed by atoms with van der Waals surface area (Å²) in [4.78, 5) is 0. The van der Waals surface area contributed by atoms with Crippen LogP contribution in [0.2, 0.25) is 0 Å². The molecule has 0 spiro atoms. The van der Waals surface area contributed by atoms with Crippen molar-refractivity contribution in [2.24, 2.45) is 5.73 Å². The van der Waals surface area contributed by atoms with Crippen LogP contribution < -0.4 is 10.5 Å². The van der Waals surface area contributed by atoms with Gasteiger partial charge in [0.05, 0.1) is 7.11 Å². The van der Waals surface area contributed by atoms with Crippen LogP contribution in [-0.4, -0.2) is 23.4 Å². The Morgan fingerprint density at radius 2 is 2.20 bits per heavy atom. The van der Waals surface area contributed by atoms with E-state index in [1.165, 1.54) is 7.11 Å². The van der Waals surface area contributed by atoms with E-state index in [0.29, 0.717) is 12.2 Å². The standard InChI is InChI=1S/C11H15NO3/c1-15-11-8-5-7(12)3-2-6(8)4-9(13)10(11)14/h4,7,13-14H,2-3,5,12H2,1H3. The maximum Gasteiger partial charge on any atom is 0.200 e. The van der Waals surface area contributed by atoms with Crippen LogP contribution in [0.1, 0.15) is 17.5 Å². The Hall–Kier alpha value is -1.42. The second-order valence-corrected chi connectivity index (χ2v) is 3.92. The number of hydrogen-bond acceptors (Lipinski definition) is 4. The zero-order valence-electron chi connectivity index (χ0n) is 8.66. The van der Waals surface area contributed by atoms with Crippen LogP contribution in [0.5, 0.6) is 17.2 Å². The third kappa shape index (κ3) is 1.61. The average Bonchev–Trinajstić information content (AvgIpc) is 2.21. The lowest BCUT2D eigenvalue weighted by atomic mass is 9.87. The minimum Gasteiger partial charge on any atom is -0.504 e. The molecule has 1 atom stereocenters. The Labute approximate surface area is 88.3 Å². The van der Waals surface area contributed by atoms with E-state index in [0.717, 1.165) is 24.0 Å². The minimum atomic E-state index is -0.189. The monoisotopic (exact) mass is 209 g/mol. The number of fused-ring (bicyclic) bond motifs is 1. The lowest BCUT2D eigenvalue weighted by Crippen LogP contribution is -2.28. The first kappa shape index (κ1) is 10.1. The van der Waals surface area contributed by atoms with Crippen LogP contribution in [0.25, 0.3) is 0 Å². The van der Waals surface area contributed by atoms with Crippen LogP contribution in [0.4, 0.5) is 0 Å². The molecule has 1 aromatic rings. The maximum absolute atomic E-state index is 9.62. The molecule has 2 rings (SSSR count). The summed E-state index contributed by atoms with van der Waals surface area (Å²) in [6.07, 6.45) is 2.41. The molecule has 0 radical (unpaired) electrons. The largest absolute Gasteiger partial charge is 0.504 e. The summed E-state index contributed by atoms with van der Waals surface area (Å²) in [5.74, 6) is 0.0478. The summed E-state index contributed by atoms with van der Waals surface area (Å²) in [5, 5.41) is 19.1. The molecule has 1 aromatic carbocycles. The van der Waals surface area contributed by atoms with Crippen molar-refractivity contribution in [1.82, 2.24) is 0 Å². The molecule has 82 valence electrons. The van der Waals surface area contributed by atoms with Crippen LogP contribution in [-0.2, 0) is 12.8 Å². The molecule has 0 bridgehead atoms. The summed E-state index contributed by atoms with van der Waals surface area (Å²) < 4.78 is 5.11. The van der Waals surface area contributed by atoms with E-state index in [1.807, 2.05) is 0 Å². The van der Waals surface area contributed by atoms with Gasteiger partial charge in [-0.1, -0.05) is 0 Å². The van der Waals surface area contributed by atoms with Crippen molar-refractivity contribution < 1.29 is 14.9 Å². The van der Waals surface area contributed by atoms with Gasteiger partial charge in [-0.15, -0.1) is 0 Å². The summed E-state index contributed by atoms with van der Waals surface area (Å²) in [5.41, 5.74) is 7.80. The van der Waals surface area contributed by atoms with Crippen molar-refractivity contribution in [3.63, 3.8) is 0 Å². The van der Waals surface area contributed by atoms with Gasteiger partial charge in [0, 0.05) is 11.6 Å². The summed E-state index contributed by atoms with van der Waals surface area (Å²) >= 11 is 0. The number of phenols is 2. The van der Waals surface area contributed by atoms with Crippen LogP contribution >= 0.6 is 0 Å².